The minimum Gasteiger partial charge on any atom is -0.385 e. The second-order valence-electron chi connectivity index (χ2n) is 6.38. The van der Waals surface area contributed by atoms with E-state index in [1.807, 2.05) is 0 Å². The Morgan fingerprint density at radius 3 is 2.63 bits per heavy atom. The molecule has 0 saturated heterocycles. The van der Waals surface area contributed by atoms with Crippen LogP contribution in [-0.2, 0) is 0 Å². The SMILES string of the molecule is c1ccc2cc(NCC3CC4CCC3C4)ccc2c1. The molecule has 2 fully saturated rings. The fourth-order valence-corrected chi connectivity index (χ4v) is 4.17. The second kappa shape index (κ2) is 4.56. The molecule has 0 amide bonds. The van der Waals surface area contributed by atoms with Crippen molar-refractivity contribution in [1.82, 2.24) is 0 Å². The summed E-state index contributed by atoms with van der Waals surface area (Å²) in [4.78, 5) is 0. The largest absolute Gasteiger partial charge is 0.385 e. The maximum absolute atomic E-state index is 3.66. The summed E-state index contributed by atoms with van der Waals surface area (Å²) in [5.74, 6) is 2.98. The Kier molecular flexibility index (Phi) is 2.72. The highest BCUT2D eigenvalue weighted by Gasteiger charge is 2.38. The zero-order valence-electron chi connectivity index (χ0n) is 11.3. The molecule has 0 aliphatic heterocycles. The van der Waals surface area contributed by atoms with E-state index in [0.717, 1.165) is 17.8 Å². The molecular weight excluding hydrogens is 230 g/mol. The lowest BCUT2D eigenvalue weighted by Gasteiger charge is -2.22. The summed E-state index contributed by atoms with van der Waals surface area (Å²) in [5.41, 5.74) is 1.28. The summed E-state index contributed by atoms with van der Waals surface area (Å²) in [6, 6.07) is 15.3. The van der Waals surface area contributed by atoms with E-state index < -0.39 is 0 Å². The molecule has 0 radical (unpaired) electrons. The Hall–Kier alpha value is -1.50. The van der Waals surface area contributed by atoms with Crippen molar-refractivity contribution in [3.8, 4) is 0 Å². The number of benzene rings is 2. The molecule has 0 aromatic heterocycles. The van der Waals surface area contributed by atoms with Gasteiger partial charge in [0.2, 0.25) is 0 Å². The molecule has 2 aliphatic rings. The van der Waals surface area contributed by atoms with E-state index in [1.54, 1.807) is 0 Å². The minimum atomic E-state index is 0.922. The van der Waals surface area contributed by atoms with E-state index in [1.165, 1.54) is 48.7 Å². The normalized spacial score (nSPS) is 28.9. The predicted octanol–water partition coefficient (Wildman–Crippen LogP) is 4.69. The molecule has 19 heavy (non-hydrogen) atoms. The molecule has 4 rings (SSSR count). The predicted molar refractivity (Wildman–Crippen MR) is 81.4 cm³/mol. The molecule has 0 spiro atoms. The first-order valence-electron chi connectivity index (χ1n) is 7.61. The number of hydrogen-bond acceptors (Lipinski definition) is 1. The fraction of sp³-hybridized carbons (Fsp3) is 0.444. The van der Waals surface area contributed by atoms with Crippen LogP contribution in [0.5, 0.6) is 0 Å². The zero-order chi connectivity index (χ0) is 12.7. The van der Waals surface area contributed by atoms with Gasteiger partial charge in [0.15, 0.2) is 0 Å². The smallest absolute Gasteiger partial charge is 0.0346 e. The molecule has 2 saturated carbocycles. The summed E-state index contributed by atoms with van der Waals surface area (Å²) >= 11 is 0. The van der Waals surface area contributed by atoms with Gasteiger partial charge in [0.1, 0.15) is 0 Å². The number of hydrogen-bond donors (Lipinski definition) is 1. The first kappa shape index (κ1) is 11.3. The van der Waals surface area contributed by atoms with Crippen LogP contribution in [0.1, 0.15) is 25.7 Å². The van der Waals surface area contributed by atoms with Crippen molar-refractivity contribution >= 4 is 16.5 Å². The van der Waals surface area contributed by atoms with E-state index in [-0.39, 0.29) is 0 Å². The monoisotopic (exact) mass is 251 g/mol. The zero-order valence-corrected chi connectivity index (χ0v) is 11.3. The van der Waals surface area contributed by atoms with E-state index in [4.69, 9.17) is 0 Å². The van der Waals surface area contributed by atoms with Crippen LogP contribution in [-0.4, -0.2) is 6.54 Å². The highest BCUT2D eigenvalue weighted by atomic mass is 14.9. The van der Waals surface area contributed by atoms with Crippen molar-refractivity contribution in [1.29, 1.82) is 0 Å². The van der Waals surface area contributed by atoms with Gasteiger partial charge in [0, 0.05) is 12.2 Å². The Bertz CT molecular complexity index is 589. The molecular formula is C18H21N. The van der Waals surface area contributed by atoms with Crippen LogP contribution in [0.3, 0.4) is 0 Å². The lowest BCUT2D eigenvalue weighted by Crippen LogP contribution is -2.20. The molecule has 2 aromatic carbocycles. The van der Waals surface area contributed by atoms with Gasteiger partial charge in [-0.05, 0) is 59.9 Å². The summed E-state index contributed by atoms with van der Waals surface area (Å²) in [6.45, 7) is 1.17. The maximum atomic E-state index is 3.66. The van der Waals surface area contributed by atoms with Crippen LogP contribution in [0.4, 0.5) is 5.69 Å². The summed E-state index contributed by atoms with van der Waals surface area (Å²) in [5, 5.41) is 6.32. The van der Waals surface area contributed by atoms with Crippen LogP contribution in [0.15, 0.2) is 42.5 Å². The molecule has 2 aliphatic carbocycles. The third-order valence-electron chi connectivity index (χ3n) is 5.20. The van der Waals surface area contributed by atoms with Gasteiger partial charge < -0.3 is 5.32 Å². The van der Waals surface area contributed by atoms with Gasteiger partial charge in [-0.25, -0.2) is 0 Å². The molecule has 3 atom stereocenters. The van der Waals surface area contributed by atoms with E-state index in [2.05, 4.69) is 47.8 Å². The van der Waals surface area contributed by atoms with Crippen molar-refractivity contribution in [2.45, 2.75) is 25.7 Å². The Morgan fingerprint density at radius 2 is 1.84 bits per heavy atom. The van der Waals surface area contributed by atoms with Crippen molar-refractivity contribution in [3.63, 3.8) is 0 Å². The van der Waals surface area contributed by atoms with Crippen LogP contribution in [0.25, 0.3) is 10.8 Å². The summed E-state index contributed by atoms with van der Waals surface area (Å²) in [6.07, 6.45) is 5.95. The van der Waals surface area contributed by atoms with Crippen LogP contribution >= 0.6 is 0 Å². The maximum Gasteiger partial charge on any atom is 0.0346 e. The third kappa shape index (κ3) is 2.11. The van der Waals surface area contributed by atoms with Gasteiger partial charge >= 0.3 is 0 Å². The molecule has 1 N–H and O–H groups in total. The third-order valence-corrected chi connectivity index (χ3v) is 5.20. The van der Waals surface area contributed by atoms with Crippen LogP contribution < -0.4 is 5.32 Å². The van der Waals surface area contributed by atoms with E-state index in [0.29, 0.717) is 0 Å². The number of fused-ring (bicyclic) bond motifs is 3. The van der Waals surface area contributed by atoms with Gasteiger partial charge in [-0.2, -0.15) is 0 Å². The van der Waals surface area contributed by atoms with E-state index in [9.17, 15) is 0 Å². The molecule has 1 heteroatoms. The molecule has 2 bridgehead atoms. The summed E-state index contributed by atoms with van der Waals surface area (Å²) in [7, 11) is 0. The molecule has 0 heterocycles. The van der Waals surface area contributed by atoms with Crippen molar-refractivity contribution < 1.29 is 0 Å². The number of nitrogens with one attached hydrogen (secondary N) is 1. The average molecular weight is 251 g/mol. The number of anilines is 1. The fourth-order valence-electron chi connectivity index (χ4n) is 4.17. The quantitative estimate of drug-likeness (QED) is 0.834. The second-order valence-corrected chi connectivity index (χ2v) is 6.38. The van der Waals surface area contributed by atoms with E-state index >= 15 is 0 Å². The highest BCUT2D eigenvalue weighted by Crippen LogP contribution is 2.48. The summed E-state index contributed by atoms with van der Waals surface area (Å²) < 4.78 is 0. The van der Waals surface area contributed by atoms with Crippen LogP contribution in [0, 0.1) is 17.8 Å². The van der Waals surface area contributed by atoms with Gasteiger partial charge in [-0.1, -0.05) is 36.8 Å². The standard InChI is InChI=1S/C18H21N/c1-2-4-15-11-18(8-7-14(15)3-1)19-12-17-10-13-5-6-16(17)9-13/h1-4,7-8,11,13,16-17,19H,5-6,9-10,12H2. The first-order valence-corrected chi connectivity index (χ1v) is 7.61. The molecule has 3 unspecified atom stereocenters. The topological polar surface area (TPSA) is 12.0 Å². The van der Waals surface area contributed by atoms with Gasteiger partial charge in [0.05, 0.1) is 0 Å². The van der Waals surface area contributed by atoms with Crippen molar-refractivity contribution in [2.75, 3.05) is 11.9 Å². The lowest BCUT2D eigenvalue weighted by molar-refractivity contribution is 0.348. The van der Waals surface area contributed by atoms with Crippen LogP contribution in [0.2, 0.25) is 0 Å². The van der Waals surface area contributed by atoms with Gasteiger partial charge in [-0.15, -0.1) is 0 Å². The number of rotatable bonds is 3. The highest BCUT2D eigenvalue weighted by molar-refractivity contribution is 5.85. The van der Waals surface area contributed by atoms with Gasteiger partial charge in [0.25, 0.3) is 0 Å². The first-order chi connectivity index (χ1) is 9.38. The van der Waals surface area contributed by atoms with Gasteiger partial charge in [-0.3, -0.25) is 0 Å². The van der Waals surface area contributed by atoms with Crippen molar-refractivity contribution in [2.24, 2.45) is 17.8 Å². The Balaban J connectivity index is 1.46. The molecule has 2 aromatic rings. The lowest BCUT2D eigenvalue weighted by atomic mass is 9.89. The minimum absolute atomic E-state index is 0.922. The average Bonchev–Trinajstić information content (AvgIpc) is 3.07. The molecule has 1 nitrogen and oxygen atoms in total. The Labute approximate surface area is 115 Å². The molecule has 98 valence electrons. The Morgan fingerprint density at radius 1 is 0.947 bits per heavy atom. The van der Waals surface area contributed by atoms with Crippen molar-refractivity contribution in [3.05, 3.63) is 42.5 Å².